The number of nitrogens with zero attached hydrogens (tertiary/aromatic N) is 1. The second-order valence-corrected chi connectivity index (χ2v) is 6.16. The SMILES string of the molecule is c1coc(-c2nc(CNCC3Cc4ccccc4O3)cs2)c1. The normalized spacial score (nSPS) is 16.5. The van der Waals surface area contributed by atoms with Crippen molar-refractivity contribution < 1.29 is 9.15 Å². The smallest absolute Gasteiger partial charge is 0.162 e. The Bertz CT molecular complexity index is 727. The van der Waals surface area contributed by atoms with E-state index in [-0.39, 0.29) is 6.10 Å². The first kappa shape index (κ1) is 13.5. The molecule has 5 heteroatoms. The number of ether oxygens (including phenoxy) is 1. The van der Waals surface area contributed by atoms with Crippen molar-refractivity contribution >= 4 is 11.3 Å². The van der Waals surface area contributed by atoms with E-state index in [1.165, 1.54) is 5.56 Å². The molecule has 1 atom stereocenters. The van der Waals surface area contributed by atoms with Gasteiger partial charge >= 0.3 is 0 Å². The zero-order valence-corrected chi connectivity index (χ0v) is 12.8. The molecule has 0 bridgehead atoms. The van der Waals surface area contributed by atoms with Crippen molar-refractivity contribution in [1.82, 2.24) is 10.3 Å². The maximum absolute atomic E-state index is 5.91. The summed E-state index contributed by atoms with van der Waals surface area (Å²) >= 11 is 1.60. The van der Waals surface area contributed by atoms with Gasteiger partial charge in [0.25, 0.3) is 0 Å². The zero-order chi connectivity index (χ0) is 14.8. The molecule has 4 nitrogen and oxygen atoms in total. The summed E-state index contributed by atoms with van der Waals surface area (Å²) in [6.45, 7) is 1.57. The fourth-order valence-electron chi connectivity index (χ4n) is 2.63. The first-order valence-electron chi connectivity index (χ1n) is 7.32. The van der Waals surface area contributed by atoms with Gasteiger partial charge in [0.15, 0.2) is 10.8 Å². The molecule has 22 heavy (non-hydrogen) atoms. The van der Waals surface area contributed by atoms with E-state index in [9.17, 15) is 0 Å². The van der Waals surface area contributed by atoms with Crippen LogP contribution < -0.4 is 10.1 Å². The molecule has 0 saturated heterocycles. The van der Waals surface area contributed by atoms with Gasteiger partial charge in [0.2, 0.25) is 0 Å². The van der Waals surface area contributed by atoms with E-state index in [0.717, 1.165) is 41.7 Å². The molecule has 1 unspecified atom stereocenters. The van der Waals surface area contributed by atoms with Gasteiger partial charge in [-0.25, -0.2) is 4.98 Å². The Kier molecular flexibility index (Phi) is 3.66. The highest BCUT2D eigenvalue weighted by Gasteiger charge is 2.21. The monoisotopic (exact) mass is 312 g/mol. The van der Waals surface area contributed by atoms with Crippen molar-refractivity contribution in [2.45, 2.75) is 19.1 Å². The average Bonchev–Trinajstić information content (AvgIpc) is 3.27. The second kappa shape index (κ2) is 5.94. The van der Waals surface area contributed by atoms with Crippen LogP contribution >= 0.6 is 11.3 Å². The van der Waals surface area contributed by atoms with E-state index in [2.05, 4.69) is 27.8 Å². The number of fused-ring (bicyclic) bond motifs is 1. The number of thiazole rings is 1. The average molecular weight is 312 g/mol. The van der Waals surface area contributed by atoms with Crippen molar-refractivity contribution in [3.05, 3.63) is 59.3 Å². The first-order chi connectivity index (χ1) is 10.9. The van der Waals surface area contributed by atoms with Gasteiger partial charge < -0.3 is 14.5 Å². The van der Waals surface area contributed by atoms with Gasteiger partial charge in [-0.2, -0.15) is 0 Å². The summed E-state index contributed by atoms with van der Waals surface area (Å²) < 4.78 is 11.3. The lowest BCUT2D eigenvalue weighted by molar-refractivity contribution is 0.227. The lowest BCUT2D eigenvalue weighted by Crippen LogP contribution is -2.29. The minimum Gasteiger partial charge on any atom is -0.488 e. The summed E-state index contributed by atoms with van der Waals surface area (Å²) in [5.41, 5.74) is 2.33. The Morgan fingerprint density at radius 2 is 2.18 bits per heavy atom. The molecule has 0 spiro atoms. The van der Waals surface area contributed by atoms with Crippen LogP contribution in [0, 0.1) is 0 Å². The van der Waals surface area contributed by atoms with Crippen molar-refractivity contribution in [3.8, 4) is 16.5 Å². The van der Waals surface area contributed by atoms with E-state index in [4.69, 9.17) is 9.15 Å². The van der Waals surface area contributed by atoms with Gasteiger partial charge in [0, 0.05) is 24.9 Å². The van der Waals surface area contributed by atoms with Gasteiger partial charge in [-0.1, -0.05) is 18.2 Å². The van der Waals surface area contributed by atoms with E-state index < -0.39 is 0 Å². The number of rotatable bonds is 5. The van der Waals surface area contributed by atoms with E-state index in [0.29, 0.717) is 0 Å². The van der Waals surface area contributed by atoms with Crippen LogP contribution in [0.4, 0.5) is 0 Å². The standard InChI is InChI=1S/C17H16N2O2S/c1-2-5-15-12(4-1)8-14(21-15)10-18-9-13-11-22-17(19-13)16-6-3-7-20-16/h1-7,11,14,18H,8-10H2. The van der Waals surface area contributed by atoms with E-state index in [1.54, 1.807) is 17.6 Å². The quantitative estimate of drug-likeness (QED) is 0.783. The third kappa shape index (κ3) is 2.77. The summed E-state index contributed by atoms with van der Waals surface area (Å²) in [5, 5.41) is 6.41. The number of para-hydroxylation sites is 1. The highest BCUT2D eigenvalue weighted by atomic mass is 32.1. The summed E-state index contributed by atoms with van der Waals surface area (Å²) in [4.78, 5) is 4.58. The van der Waals surface area contributed by atoms with Crippen molar-refractivity contribution in [2.24, 2.45) is 0 Å². The molecule has 2 aromatic heterocycles. The van der Waals surface area contributed by atoms with E-state index >= 15 is 0 Å². The summed E-state index contributed by atoms with van der Waals surface area (Å²) in [7, 11) is 0. The molecule has 4 rings (SSSR count). The highest BCUT2D eigenvalue weighted by molar-refractivity contribution is 7.13. The van der Waals surface area contributed by atoms with Crippen LogP contribution in [0.3, 0.4) is 0 Å². The van der Waals surface area contributed by atoms with Crippen LogP contribution in [0.2, 0.25) is 0 Å². The molecule has 112 valence electrons. The molecule has 1 aliphatic rings. The zero-order valence-electron chi connectivity index (χ0n) is 12.0. The van der Waals surface area contributed by atoms with Gasteiger partial charge in [-0.05, 0) is 23.8 Å². The molecular formula is C17H16N2O2S. The largest absolute Gasteiger partial charge is 0.488 e. The molecule has 1 aliphatic heterocycles. The number of benzene rings is 1. The number of nitrogens with one attached hydrogen (secondary N) is 1. The van der Waals surface area contributed by atoms with Crippen LogP contribution in [0.15, 0.2) is 52.5 Å². The van der Waals surface area contributed by atoms with Gasteiger partial charge in [-0.15, -0.1) is 11.3 Å². The molecule has 0 amide bonds. The molecule has 0 aliphatic carbocycles. The Morgan fingerprint density at radius 3 is 3.05 bits per heavy atom. The Balaban J connectivity index is 1.30. The number of hydrogen-bond acceptors (Lipinski definition) is 5. The lowest BCUT2D eigenvalue weighted by atomic mass is 10.1. The predicted molar refractivity (Wildman–Crippen MR) is 86.1 cm³/mol. The van der Waals surface area contributed by atoms with Gasteiger partial charge in [0.05, 0.1) is 12.0 Å². The van der Waals surface area contributed by atoms with Crippen LogP contribution in [0.5, 0.6) is 5.75 Å². The minimum atomic E-state index is 0.209. The number of furan rings is 1. The molecule has 0 radical (unpaired) electrons. The Labute approximate surface area is 132 Å². The fourth-order valence-corrected chi connectivity index (χ4v) is 3.42. The molecule has 3 heterocycles. The van der Waals surface area contributed by atoms with Crippen molar-refractivity contribution in [2.75, 3.05) is 6.54 Å². The van der Waals surface area contributed by atoms with Gasteiger partial charge in [-0.3, -0.25) is 0 Å². The van der Waals surface area contributed by atoms with Crippen LogP contribution in [0.1, 0.15) is 11.3 Å². The maximum atomic E-state index is 5.91. The third-order valence-electron chi connectivity index (χ3n) is 3.68. The predicted octanol–water partition coefficient (Wildman–Crippen LogP) is 3.50. The van der Waals surface area contributed by atoms with Crippen LogP contribution in [-0.4, -0.2) is 17.6 Å². The molecular weight excluding hydrogens is 296 g/mol. The summed E-state index contributed by atoms with van der Waals surface area (Å²) in [5.74, 6) is 1.84. The third-order valence-corrected chi connectivity index (χ3v) is 4.58. The minimum absolute atomic E-state index is 0.209. The fraction of sp³-hybridized carbons (Fsp3) is 0.235. The van der Waals surface area contributed by atoms with Crippen LogP contribution in [0.25, 0.3) is 10.8 Å². The maximum Gasteiger partial charge on any atom is 0.162 e. The molecule has 1 N–H and O–H groups in total. The number of aromatic nitrogens is 1. The first-order valence-corrected chi connectivity index (χ1v) is 8.20. The molecule has 3 aromatic rings. The van der Waals surface area contributed by atoms with Crippen molar-refractivity contribution in [1.29, 1.82) is 0 Å². The molecule has 1 aromatic carbocycles. The summed E-state index contributed by atoms with van der Waals surface area (Å²) in [6, 6.07) is 12.0. The number of hydrogen-bond donors (Lipinski definition) is 1. The highest BCUT2D eigenvalue weighted by Crippen LogP contribution is 2.28. The van der Waals surface area contributed by atoms with Crippen LogP contribution in [-0.2, 0) is 13.0 Å². The van der Waals surface area contributed by atoms with Gasteiger partial charge in [0.1, 0.15) is 11.9 Å². The summed E-state index contributed by atoms with van der Waals surface area (Å²) in [6.07, 6.45) is 2.85. The molecule has 0 saturated carbocycles. The van der Waals surface area contributed by atoms with Crippen molar-refractivity contribution in [3.63, 3.8) is 0 Å². The Morgan fingerprint density at radius 1 is 1.23 bits per heavy atom. The second-order valence-electron chi connectivity index (χ2n) is 5.30. The Hall–Kier alpha value is -2.11. The van der Waals surface area contributed by atoms with E-state index in [1.807, 2.05) is 24.3 Å². The molecule has 0 fully saturated rings. The topological polar surface area (TPSA) is 47.3 Å². The lowest BCUT2D eigenvalue weighted by Gasteiger charge is -2.10.